The van der Waals surface area contributed by atoms with E-state index in [0.29, 0.717) is 12.0 Å². The molecular weight excluding hydrogens is 314 g/mol. The van der Waals surface area contributed by atoms with E-state index in [1.54, 1.807) is 0 Å². The fourth-order valence-electron chi connectivity index (χ4n) is 4.28. The summed E-state index contributed by atoms with van der Waals surface area (Å²) in [5, 5.41) is 3.07. The molecule has 0 bridgehead atoms. The van der Waals surface area contributed by atoms with E-state index in [1.165, 1.54) is 24.8 Å². The second-order valence-corrected chi connectivity index (χ2v) is 7.78. The van der Waals surface area contributed by atoms with Crippen LogP contribution in [0.5, 0.6) is 0 Å². The third-order valence-electron chi connectivity index (χ3n) is 6.11. The molecule has 2 aliphatic heterocycles. The van der Waals surface area contributed by atoms with Gasteiger partial charge in [0.25, 0.3) is 0 Å². The Bertz CT molecular complexity index is 593. The first kappa shape index (κ1) is 16.9. The van der Waals surface area contributed by atoms with Gasteiger partial charge in [0.05, 0.1) is 13.2 Å². The molecular formula is C20H29N3O2. The predicted molar refractivity (Wildman–Crippen MR) is 99.0 cm³/mol. The molecule has 2 amide bonds. The minimum absolute atomic E-state index is 0.0269. The zero-order valence-corrected chi connectivity index (χ0v) is 15.1. The van der Waals surface area contributed by atoms with Crippen molar-refractivity contribution in [2.45, 2.75) is 38.1 Å². The average Bonchev–Trinajstić information content (AvgIpc) is 2.98. The highest BCUT2D eigenvalue weighted by atomic mass is 16.5. The number of carbonyl (C=O) groups is 1. The number of morpholine rings is 1. The van der Waals surface area contributed by atoms with Crippen LogP contribution in [0.2, 0.25) is 0 Å². The van der Waals surface area contributed by atoms with Gasteiger partial charge in [0.1, 0.15) is 0 Å². The largest absolute Gasteiger partial charge is 0.379 e. The summed E-state index contributed by atoms with van der Waals surface area (Å²) >= 11 is 0. The molecule has 25 heavy (non-hydrogen) atoms. The van der Waals surface area contributed by atoms with Crippen LogP contribution in [0, 0.1) is 5.92 Å². The Kier molecular flexibility index (Phi) is 4.95. The van der Waals surface area contributed by atoms with Gasteiger partial charge in [-0.05, 0) is 42.4 Å². The third kappa shape index (κ3) is 3.67. The smallest absolute Gasteiger partial charge is 0.321 e. The summed E-state index contributed by atoms with van der Waals surface area (Å²) in [6.45, 7) is 7.47. The first-order chi connectivity index (χ1) is 12.2. The normalized spacial score (nSPS) is 28.0. The lowest BCUT2D eigenvalue weighted by molar-refractivity contribution is 0.0123. The van der Waals surface area contributed by atoms with Crippen LogP contribution in [0.1, 0.15) is 37.7 Å². The molecule has 1 N–H and O–H groups in total. The van der Waals surface area contributed by atoms with Gasteiger partial charge in [0.15, 0.2) is 0 Å². The first-order valence-electron chi connectivity index (χ1n) is 9.68. The molecule has 1 aliphatic carbocycles. The molecule has 0 aromatic heterocycles. The molecule has 3 fully saturated rings. The summed E-state index contributed by atoms with van der Waals surface area (Å²) in [7, 11) is 0. The number of urea groups is 1. The molecule has 0 unspecified atom stereocenters. The van der Waals surface area contributed by atoms with Gasteiger partial charge in [0, 0.05) is 37.9 Å². The van der Waals surface area contributed by atoms with Crippen molar-refractivity contribution < 1.29 is 9.53 Å². The van der Waals surface area contributed by atoms with Crippen molar-refractivity contribution in [3.63, 3.8) is 0 Å². The van der Waals surface area contributed by atoms with Crippen molar-refractivity contribution >= 4 is 11.7 Å². The number of benzene rings is 1. The van der Waals surface area contributed by atoms with Crippen LogP contribution in [-0.2, 0) is 4.74 Å². The maximum absolute atomic E-state index is 12.6. The van der Waals surface area contributed by atoms with E-state index in [-0.39, 0.29) is 6.03 Å². The van der Waals surface area contributed by atoms with Crippen LogP contribution >= 0.6 is 0 Å². The number of hydrogen-bond donors (Lipinski definition) is 1. The maximum Gasteiger partial charge on any atom is 0.321 e. The number of rotatable bonds is 3. The van der Waals surface area contributed by atoms with Gasteiger partial charge >= 0.3 is 6.03 Å². The fraction of sp³-hybridized carbons (Fsp3) is 0.650. The van der Waals surface area contributed by atoms with E-state index in [9.17, 15) is 4.79 Å². The molecule has 2 saturated heterocycles. The summed E-state index contributed by atoms with van der Waals surface area (Å²) in [5.74, 6) is 1.24. The van der Waals surface area contributed by atoms with Crippen LogP contribution in [0.15, 0.2) is 24.3 Å². The van der Waals surface area contributed by atoms with Gasteiger partial charge in [-0.25, -0.2) is 4.79 Å². The fourth-order valence-corrected chi connectivity index (χ4v) is 4.28. The Hall–Kier alpha value is -1.59. The molecule has 2 atom stereocenters. The van der Waals surface area contributed by atoms with Gasteiger partial charge in [-0.15, -0.1) is 0 Å². The lowest BCUT2D eigenvalue weighted by atomic mass is 9.80. The highest BCUT2D eigenvalue weighted by Crippen LogP contribution is 2.36. The Labute approximate surface area is 150 Å². The summed E-state index contributed by atoms with van der Waals surface area (Å²) in [6, 6.07) is 8.91. The minimum Gasteiger partial charge on any atom is -0.379 e. The Morgan fingerprint density at radius 1 is 1.12 bits per heavy atom. The van der Waals surface area contributed by atoms with Crippen molar-refractivity contribution in [2.75, 3.05) is 44.7 Å². The zero-order valence-electron chi connectivity index (χ0n) is 15.1. The lowest BCUT2D eigenvalue weighted by Crippen LogP contribution is -2.47. The van der Waals surface area contributed by atoms with Crippen molar-refractivity contribution in [2.24, 2.45) is 5.92 Å². The van der Waals surface area contributed by atoms with E-state index in [0.717, 1.165) is 51.0 Å². The molecule has 1 aromatic carbocycles. The van der Waals surface area contributed by atoms with Gasteiger partial charge in [-0.3, -0.25) is 4.90 Å². The van der Waals surface area contributed by atoms with Crippen LogP contribution in [-0.4, -0.2) is 61.3 Å². The summed E-state index contributed by atoms with van der Waals surface area (Å²) in [6.07, 6.45) is 3.96. The molecule has 136 valence electrons. The topological polar surface area (TPSA) is 44.8 Å². The van der Waals surface area contributed by atoms with Crippen molar-refractivity contribution in [3.05, 3.63) is 29.8 Å². The van der Waals surface area contributed by atoms with Crippen LogP contribution in [0.3, 0.4) is 0 Å². The molecule has 5 heteroatoms. The molecule has 1 aromatic rings. The van der Waals surface area contributed by atoms with E-state index in [1.807, 2.05) is 17.0 Å². The number of ether oxygens (including phenoxy) is 1. The average molecular weight is 343 g/mol. The molecule has 0 radical (unpaired) electrons. The standard InChI is InChI=1S/C20H29N3O2/c1-15-13-23(14-19(15)22-9-11-25-12-10-22)20(24)21-18-7-5-17(6-8-18)16-3-2-4-16/h5-8,15-16,19H,2-4,9-14H2,1H3,(H,21,24)/t15-,19+/m0/s1. The van der Waals surface area contributed by atoms with E-state index >= 15 is 0 Å². The van der Waals surface area contributed by atoms with Gasteiger partial charge < -0.3 is 15.0 Å². The van der Waals surface area contributed by atoms with E-state index in [4.69, 9.17) is 4.74 Å². The summed E-state index contributed by atoms with van der Waals surface area (Å²) < 4.78 is 5.45. The van der Waals surface area contributed by atoms with Crippen LogP contribution < -0.4 is 5.32 Å². The van der Waals surface area contributed by atoms with Gasteiger partial charge in [-0.1, -0.05) is 25.5 Å². The molecule has 4 rings (SSSR count). The monoisotopic (exact) mass is 343 g/mol. The first-order valence-corrected chi connectivity index (χ1v) is 9.68. The summed E-state index contributed by atoms with van der Waals surface area (Å²) in [5.41, 5.74) is 2.31. The second kappa shape index (κ2) is 7.34. The SMILES string of the molecule is C[C@H]1CN(C(=O)Nc2ccc(C3CCC3)cc2)C[C@H]1N1CCOCC1. The predicted octanol–water partition coefficient (Wildman–Crippen LogP) is 3.14. The lowest BCUT2D eigenvalue weighted by Gasteiger charge is -2.33. The highest BCUT2D eigenvalue weighted by Gasteiger charge is 2.36. The maximum atomic E-state index is 12.6. The summed E-state index contributed by atoms with van der Waals surface area (Å²) in [4.78, 5) is 17.1. The molecule has 1 saturated carbocycles. The Morgan fingerprint density at radius 2 is 1.84 bits per heavy atom. The van der Waals surface area contributed by atoms with Gasteiger partial charge in [-0.2, -0.15) is 0 Å². The molecule has 2 heterocycles. The van der Waals surface area contributed by atoms with Gasteiger partial charge in [0.2, 0.25) is 0 Å². The number of nitrogens with zero attached hydrogens (tertiary/aromatic N) is 2. The van der Waals surface area contributed by atoms with E-state index < -0.39 is 0 Å². The molecule has 0 spiro atoms. The number of likely N-dealkylation sites (tertiary alicyclic amines) is 1. The Balaban J connectivity index is 1.33. The highest BCUT2D eigenvalue weighted by molar-refractivity contribution is 5.89. The minimum atomic E-state index is 0.0269. The third-order valence-corrected chi connectivity index (χ3v) is 6.11. The number of amides is 2. The van der Waals surface area contributed by atoms with Crippen molar-refractivity contribution in [3.8, 4) is 0 Å². The van der Waals surface area contributed by atoms with Crippen molar-refractivity contribution in [1.29, 1.82) is 0 Å². The number of hydrogen-bond acceptors (Lipinski definition) is 3. The number of carbonyl (C=O) groups excluding carboxylic acids is 1. The Morgan fingerprint density at radius 3 is 2.48 bits per heavy atom. The molecule has 3 aliphatic rings. The molecule has 5 nitrogen and oxygen atoms in total. The zero-order chi connectivity index (χ0) is 17.2. The van der Waals surface area contributed by atoms with Crippen LogP contribution in [0.25, 0.3) is 0 Å². The quantitative estimate of drug-likeness (QED) is 0.917. The second-order valence-electron chi connectivity index (χ2n) is 7.78. The number of nitrogens with one attached hydrogen (secondary N) is 1. The van der Waals surface area contributed by atoms with Crippen LogP contribution in [0.4, 0.5) is 10.5 Å². The van der Waals surface area contributed by atoms with Crippen molar-refractivity contribution in [1.82, 2.24) is 9.80 Å². The van der Waals surface area contributed by atoms with E-state index in [2.05, 4.69) is 29.3 Å². The number of anilines is 1.